The van der Waals surface area contributed by atoms with Gasteiger partial charge in [-0.2, -0.15) is 0 Å². The molecule has 130 valence electrons. The van der Waals surface area contributed by atoms with Gasteiger partial charge in [-0.3, -0.25) is 0 Å². The van der Waals surface area contributed by atoms with Crippen molar-refractivity contribution in [3.05, 3.63) is 0 Å². The maximum atomic E-state index is 11.1. The van der Waals surface area contributed by atoms with E-state index >= 15 is 0 Å². The molecule has 0 saturated heterocycles. The van der Waals surface area contributed by atoms with Crippen LogP contribution in [0.1, 0.15) is 0 Å². The van der Waals surface area contributed by atoms with E-state index in [2.05, 4.69) is 0 Å². The third kappa shape index (κ3) is 36.8. The van der Waals surface area contributed by atoms with Crippen LogP contribution in [0.2, 0.25) is 32.7 Å². The molecule has 0 fully saturated rings. The van der Waals surface area contributed by atoms with Crippen molar-refractivity contribution in [3.63, 3.8) is 0 Å². The molecule has 0 spiro atoms. The van der Waals surface area contributed by atoms with E-state index in [1.54, 1.807) is 0 Å². The third-order valence-electron chi connectivity index (χ3n) is 1.11. The number of ether oxygens (including phenoxy) is 1. The van der Waals surface area contributed by atoms with Crippen LogP contribution in [-0.2, 0) is 18.8 Å². The first-order chi connectivity index (χ1) is 8.67. The monoisotopic (exact) mass is 386 g/mol. The molecule has 0 aliphatic rings. The second kappa shape index (κ2) is 7.70. The Hall–Kier alpha value is -0.0188. The number of halogens is 6. The van der Waals surface area contributed by atoms with Gasteiger partial charge in [-0.1, -0.05) is 13.1 Å². The molecule has 0 heterocycles. The van der Waals surface area contributed by atoms with Gasteiger partial charge in [0, 0.05) is 0 Å². The molecule has 14 heteroatoms. The van der Waals surface area contributed by atoms with Crippen LogP contribution in [-0.4, -0.2) is 35.3 Å². The van der Waals surface area contributed by atoms with Crippen LogP contribution in [0, 0.1) is 0 Å². The minimum atomic E-state index is -10.7. The van der Waals surface area contributed by atoms with Gasteiger partial charge in [0.05, 0.1) is 15.0 Å². The van der Waals surface area contributed by atoms with E-state index in [0.717, 1.165) is 0 Å². The Bertz CT molecular complexity index is 383. The summed E-state index contributed by atoms with van der Waals surface area (Å²) < 4.78 is 68.9. The second-order valence-corrected chi connectivity index (χ2v) is 14.9. The van der Waals surface area contributed by atoms with Gasteiger partial charge < -0.3 is 9.16 Å². The normalized spacial score (nSPS) is 14.5. The zero-order valence-electron chi connectivity index (χ0n) is 13.1. The minimum Gasteiger partial charge on any atom is 1.00 e. The maximum absolute atomic E-state index is 11.1. The standard InChI is InChI=1S/C8H18O4Si2.F6P.Li/c1-13(2)6-11-7(9)8(10)12-14(3,4)5;1-7(2,3,4,5)6;/h13H,6H2,1-5H3;;/q;-1;+1. The quantitative estimate of drug-likeness (QED) is 0.241. The molecule has 0 rings (SSSR count). The number of carbonyl (C=O) groups is 2. The van der Waals surface area contributed by atoms with E-state index < -0.39 is 36.9 Å². The first-order valence-corrected chi connectivity index (χ1v) is 14.2. The summed E-state index contributed by atoms with van der Waals surface area (Å²) in [5, 5.41) is 0. The van der Waals surface area contributed by atoms with Crippen molar-refractivity contribution < 1.29 is 62.8 Å². The van der Waals surface area contributed by atoms with Gasteiger partial charge in [0.15, 0.2) is 0 Å². The van der Waals surface area contributed by atoms with Crippen LogP contribution in [0.25, 0.3) is 0 Å². The molecule has 0 aromatic rings. The average molecular weight is 386 g/mol. The summed E-state index contributed by atoms with van der Waals surface area (Å²) in [5.74, 6) is -1.70. The Kier molecular flexibility index (Phi) is 9.40. The van der Waals surface area contributed by atoms with Crippen LogP contribution < -0.4 is 18.9 Å². The van der Waals surface area contributed by atoms with Crippen molar-refractivity contribution in [3.8, 4) is 0 Å². The predicted molar refractivity (Wildman–Crippen MR) is 72.8 cm³/mol. The first kappa shape index (κ1) is 26.9. The van der Waals surface area contributed by atoms with Crippen LogP contribution in [0.3, 0.4) is 0 Å². The molecule has 4 nitrogen and oxygen atoms in total. The molecular weight excluding hydrogens is 368 g/mol. The van der Waals surface area contributed by atoms with Crippen molar-refractivity contribution in [2.24, 2.45) is 0 Å². The van der Waals surface area contributed by atoms with Crippen LogP contribution in [0.5, 0.6) is 0 Å². The van der Waals surface area contributed by atoms with Crippen molar-refractivity contribution in [2.45, 2.75) is 32.7 Å². The molecule has 22 heavy (non-hydrogen) atoms. The Morgan fingerprint density at radius 1 is 0.955 bits per heavy atom. The van der Waals surface area contributed by atoms with E-state index in [9.17, 15) is 34.8 Å². The number of rotatable bonds is 3. The Morgan fingerprint density at radius 2 is 1.27 bits per heavy atom. The first-order valence-electron chi connectivity index (χ1n) is 5.64. The van der Waals surface area contributed by atoms with Crippen molar-refractivity contribution in [1.29, 1.82) is 0 Å². The zero-order valence-corrected chi connectivity index (χ0v) is 16.2. The van der Waals surface area contributed by atoms with Crippen LogP contribution in [0.4, 0.5) is 25.2 Å². The molecule has 0 N–H and O–H groups in total. The fourth-order valence-electron chi connectivity index (χ4n) is 0.621. The molecular formula is C8H18F6LiO4PSi2. The molecule has 0 radical (unpaired) electrons. The van der Waals surface area contributed by atoms with Crippen molar-refractivity contribution >= 4 is 36.9 Å². The van der Waals surface area contributed by atoms with Gasteiger partial charge in [-0.25, -0.2) is 9.59 Å². The van der Waals surface area contributed by atoms with Gasteiger partial charge in [-0.15, -0.1) is 0 Å². The number of hydrogen-bond acceptors (Lipinski definition) is 4. The maximum Gasteiger partial charge on any atom is 1.00 e. The zero-order chi connectivity index (χ0) is 17.8. The molecule has 0 aliphatic heterocycles. The fourth-order valence-corrected chi connectivity index (χ4v) is 1.75. The average Bonchev–Trinajstić information content (AvgIpc) is 2.05. The molecule has 0 bridgehead atoms. The topological polar surface area (TPSA) is 52.6 Å². The van der Waals surface area contributed by atoms with E-state index in [-0.39, 0.29) is 18.9 Å². The molecule has 0 aromatic carbocycles. The van der Waals surface area contributed by atoms with Gasteiger partial charge in [0.1, 0.15) is 0 Å². The molecule has 0 aliphatic carbocycles. The van der Waals surface area contributed by atoms with E-state index in [1.807, 2.05) is 32.7 Å². The van der Waals surface area contributed by atoms with E-state index in [1.165, 1.54) is 0 Å². The number of hydrogen-bond donors (Lipinski definition) is 0. The second-order valence-electron chi connectivity index (χ2n) is 5.45. The van der Waals surface area contributed by atoms with Gasteiger partial charge in [-0.05, 0) is 19.6 Å². The minimum absolute atomic E-state index is 0. The van der Waals surface area contributed by atoms with Gasteiger partial charge >= 0.3 is 63.8 Å². The summed E-state index contributed by atoms with van der Waals surface area (Å²) in [5.41, 5.74) is 0. The summed E-state index contributed by atoms with van der Waals surface area (Å²) in [6.07, 6.45) is 0.389. The van der Waals surface area contributed by atoms with Crippen LogP contribution in [0.15, 0.2) is 0 Å². The van der Waals surface area contributed by atoms with Crippen LogP contribution >= 0.6 is 7.81 Å². The van der Waals surface area contributed by atoms with Crippen molar-refractivity contribution in [2.75, 3.05) is 6.23 Å². The number of carbonyl (C=O) groups excluding carboxylic acids is 2. The Labute approximate surface area is 139 Å². The Balaban J connectivity index is -0.000000385. The molecule has 0 atom stereocenters. The molecule has 0 amide bonds. The summed E-state index contributed by atoms with van der Waals surface area (Å²) in [4.78, 5) is 22.2. The summed E-state index contributed by atoms with van der Waals surface area (Å²) in [6, 6.07) is 0. The third-order valence-corrected chi connectivity index (χ3v) is 2.74. The summed E-state index contributed by atoms with van der Waals surface area (Å²) in [7, 11) is -13.6. The Morgan fingerprint density at radius 3 is 1.50 bits per heavy atom. The number of esters is 1. The smallest absolute Gasteiger partial charge is 1.00 e. The summed E-state index contributed by atoms with van der Waals surface area (Å²) >= 11 is 0. The van der Waals surface area contributed by atoms with Gasteiger partial charge in [0.2, 0.25) is 8.32 Å². The molecule has 0 unspecified atom stereocenters. The van der Waals surface area contributed by atoms with Gasteiger partial charge in [0.25, 0.3) is 0 Å². The van der Waals surface area contributed by atoms with Crippen molar-refractivity contribution in [1.82, 2.24) is 0 Å². The predicted octanol–water partition coefficient (Wildman–Crippen LogP) is 1.32. The van der Waals surface area contributed by atoms with E-state index in [4.69, 9.17) is 9.16 Å². The largest absolute Gasteiger partial charge is 1.00 e. The molecule has 0 aromatic heterocycles. The SMILES string of the molecule is C[SiH](C)COC(=O)C(=O)O[Si](C)(C)C.F[P-](F)(F)(F)(F)F.[Li+]. The molecule has 0 saturated carbocycles. The summed E-state index contributed by atoms with van der Waals surface area (Å²) in [6.45, 7) is 9.61. The van der Waals surface area contributed by atoms with E-state index in [0.29, 0.717) is 6.23 Å². The fraction of sp³-hybridized carbons (Fsp3) is 0.750.